The molecule has 2 unspecified atom stereocenters. The van der Waals surface area contributed by atoms with Crippen LogP contribution >= 0.6 is 0 Å². The summed E-state index contributed by atoms with van der Waals surface area (Å²) >= 11 is 0. The van der Waals surface area contributed by atoms with Crippen LogP contribution in [0.2, 0.25) is 0 Å². The fourth-order valence-electron chi connectivity index (χ4n) is 2.81. The lowest BCUT2D eigenvalue weighted by atomic mass is 9.97. The number of aliphatic hydroxyl groups is 1. The fourth-order valence-corrected chi connectivity index (χ4v) is 2.81. The van der Waals surface area contributed by atoms with Crippen molar-refractivity contribution >= 4 is 5.82 Å². The second kappa shape index (κ2) is 5.86. The van der Waals surface area contributed by atoms with E-state index in [2.05, 4.69) is 28.9 Å². The predicted molar refractivity (Wildman–Crippen MR) is 76.9 cm³/mol. The van der Waals surface area contributed by atoms with Crippen molar-refractivity contribution in [2.45, 2.75) is 25.5 Å². The lowest BCUT2D eigenvalue weighted by molar-refractivity contribution is 0.0571. The zero-order valence-corrected chi connectivity index (χ0v) is 12.0. The first kappa shape index (κ1) is 14.2. The summed E-state index contributed by atoms with van der Waals surface area (Å²) in [5.41, 5.74) is 7.72. The van der Waals surface area contributed by atoms with Crippen LogP contribution in [0.5, 0.6) is 0 Å². The predicted octanol–water partition coefficient (Wildman–Crippen LogP) is 0.642. The summed E-state index contributed by atoms with van der Waals surface area (Å²) in [7, 11) is 4.16. The molecule has 1 aliphatic heterocycles. The number of aliphatic hydroxyl groups excluding tert-OH is 1. The normalized spacial score (nSPS) is 24.1. The van der Waals surface area contributed by atoms with Crippen LogP contribution in [0.15, 0.2) is 12.3 Å². The molecule has 0 bridgehead atoms. The number of nitrogens with two attached hydrogens (primary N) is 1. The maximum absolute atomic E-state index is 10.7. The van der Waals surface area contributed by atoms with Crippen molar-refractivity contribution in [2.24, 2.45) is 0 Å². The van der Waals surface area contributed by atoms with Gasteiger partial charge in [0.1, 0.15) is 5.82 Å². The molecule has 5 heteroatoms. The number of hydrogen-bond donors (Lipinski definition) is 2. The van der Waals surface area contributed by atoms with Gasteiger partial charge in [0.2, 0.25) is 0 Å². The van der Waals surface area contributed by atoms with Crippen LogP contribution in [0.1, 0.15) is 23.7 Å². The highest BCUT2D eigenvalue weighted by Crippen LogP contribution is 2.28. The molecule has 0 aromatic carbocycles. The minimum absolute atomic E-state index is 0.0534. The van der Waals surface area contributed by atoms with Crippen LogP contribution in [0.4, 0.5) is 5.82 Å². The maximum atomic E-state index is 10.7. The number of hydrogen-bond acceptors (Lipinski definition) is 5. The van der Waals surface area contributed by atoms with E-state index in [1.165, 1.54) is 0 Å². The third-order valence-corrected chi connectivity index (χ3v) is 4.01. The molecule has 1 saturated heterocycles. The van der Waals surface area contributed by atoms with Gasteiger partial charge >= 0.3 is 0 Å². The van der Waals surface area contributed by atoms with Crippen molar-refractivity contribution in [1.29, 1.82) is 0 Å². The zero-order valence-electron chi connectivity index (χ0n) is 12.0. The van der Waals surface area contributed by atoms with E-state index in [9.17, 15) is 5.11 Å². The monoisotopic (exact) mass is 264 g/mol. The molecule has 2 rings (SSSR count). The Balaban J connectivity index is 2.28. The first-order chi connectivity index (χ1) is 9.00. The van der Waals surface area contributed by atoms with Gasteiger partial charge in [0.15, 0.2) is 0 Å². The molecule has 0 saturated carbocycles. The average molecular weight is 264 g/mol. The Labute approximate surface area is 115 Å². The Kier molecular flexibility index (Phi) is 4.39. The number of likely N-dealkylation sites (N-methyl/N-ethyl adjacent to an activating group) is 2. The van der Waals surface area contributed by atoms with Crippen molar-refractivity contribution in [3.05, 3.63) is 23.4 Å². The Morgan fingerprint density at radius 1 is 1.42 bits per heavy atom. The molecule has 106 valence electrons. The average Bonchev–Trinajstić information content (AvgIpc) is 2.51. The van der Waals surface area contributed by atoms with Gasteiger partial charge in [-0.25, -0.2) is 4.98 Å². The standard InChI is InChI=1S/C14H24N4O/c1-10-5-6-16-14(15)12(10)13(19)11-9-17(2)7-4-8-18(11)3/h5-6,11,13,19H,4,7-9H2,1-3H3,(H2,15,16). The van der Waals surface area contributed by atoms with Crippen LogP contribution in [-0.2, 0) is 0 Å². The highest BCUT2D eigenvalue weighted by Gasteiger charge is 2.30. The van der Waals surface area contributed by atoms with Crippen molar-refractivity contribution in [3.8, 4) is 0 Å². The lowest BCUT2D eigenvalue weighted by Gasteiger charge is -2.32. The van der Waals surface area contributed by atoms with E-state index in [0.29, 0.717) is 5.82 Å². The zero-order chi connectivity index (χ0) is 14.0. The summed E-state index contributed by atoms with van der Waals surface area (Å²) in [6.07, 6.45) is 2.21. The lowest BCUT2D eigenvalue weighted by Crippen LogP contribution is -2.42. The minimum Gasteiger partial charge on any atom is -0.387 e. The molecule has 1 aromatic heterocycles. The second-order valence-corrected chi connectivity index (χ2v) is 5.54. The van der Waals surface area contributed by atoms with E-state index in [1.807, 2.05) is 13.0 Å². The molecule has 0 radical (unpaired) electrons. The van der Waals surface area contributed by atoms with Crippen LogP contribution < -0.4 is 5.73 Å². The molecular weight excluding hydrogens is 240 g/mol. The first-order valence-electron chi connectivity index (χ1n) is 6.78. The van der Waals surface area contributed by atoms with Crippen molar-refractivity contribution in [2.75, 3.05) is 39.5 Å². The molecule has 1 aliphatic rings. The summed E-state index contributed by atoms with van der Waals surface area (Å²) < 4.78 is 0. The van der Waals surface area contributed by atoms with Gasteiger partial charge in [-0.1, -0.05) is 0 Å². The van der Waals surface area contributed by atoms with Crippen LogP contribution in [0, 0.1) is 6.92 Å². The summed E-state index contributed by atoms with van der Waals surface area (Å²) in [4.78, 5) is 8.59. The summed E-state index contributed by atoms with van der Waals surface area (Å²) in [6, 6.07) is 1.95. The Morgan fingerprint density at radius 2 is 2.16 bits per heavy atom. The molecule has 0 spiro atoms. The maximum Gasteiger partial charge on any atom is 0.129 e. The molecular formula is C14H24N4O. The van der Waals surface area contributed by atoms with Gasteiger partial charge in [0, 0.05) is 18.3 Å². The van der Waals surface area contributed by atoms with Crippen LogP contribution in [-0.4, -0.2) is 59.7 Å². The largest absolute Gasteiger partial charge is 0.387 e. The SMILES string of the molecule is Cc1ccnc(N)c1C(O)C1CN(C)CCCN1C. The second-order valence-electron chi connectivity index (χ2n) is 5.54. The van der Waals surface area contributed by atoms with Crippen LogP contribution in [0.3, 0.4) is 0 Å². The number of rotatable bonds is 2. The van der Waals surface area contributed by atoms with Gasteiger partial charge < -0.3 is 15.7 Å². The van der Waals surface area contributed by atoms with Gasteiger partial charge in [-0.05, 0) is 52.2 Å². The Bertz CT molecular complexity index is 417. The number of pyridine rings is 1. The Hall–Kier alpha value is -1.17. The quantitative estimate of drug-likeness (QED) is 0.820. The van der Waals surface area contributed by atoms with Gasteiger partial charge in [-0.2, -0.15) is 0 Å². The van der Waals surface area contributed by atoms with Gasteiger partial charge in [0.05, 0.1) is 12.1 Å². The third kappa shape index (κ3) is 3.05. The minimum atomic E-state index is -0.598. The molecule has 2 atom stereocenters. The highest BCUT2D eigenvalue weighted by molar-refractivity contribution is 5.46. The molecule has 1 fully saturated rings. The van der Waals surface area contributed by atoms with E-state index in [-0.39, 0.29) is 6.04 Å². The van der Waals surface area contributed by atoms with Gasteiger partial charge in [-0.3, -0.25) is 4.90 Å². The summed E-state index contributed by atoms with van der Waals surface area (Å²) in [5.74, 6) is 0.438. The molecule has 19 heavy (non-hydrogen) atoms. The number of aromatic nitrogens is 1. The number of nitrogen functional groups attached to an aromatic ring is 1. The summed E-state index contributed by atoms with van der Waals surface area (Å²) in [5, 5.41) is 10.7. The smallest absolute Gasteiger partial charge is 0.129 e. The fraction of sp³-hybridized carbons (Fsp3) is 0.643. The van der Waals surface area contributed by atoms with E-state index >= 15 is 0 Å². The van der Waals surface area contributed by atoms with Gasteiger partial charge in [-0.15, -0.1) is 0 Å². The van der Waals surface area contributed by atoms with E-state index in [1.54, 1.807) is 6.20 Å². The molecule has 3 N–H and O–H groups in total. The van der Waals surface area contributed by atoms with Gasteiger partial charge in [0.25, 0.3) is 0 Å². The van der Waals surface area contributed by atoms with E-state index in [0.717, 1.165) is 37.2 Å². The molecule has 2 heterocycles. The van der Waals surface area contributed by atoms with Crippen molar-refractivity contribution in [1.82, 2.24) is 14.8 Å². The first-order valence-corrected chi connectivity index (χ1v) is 6.78. The number of aryl methyl sites for hydroxylation is 1. The van der Waals surface area contributed by atoms with Crippen LogP contribution in [0.25, 0.3) is 0 Å². The number of nitrogens with zero attached hydrogens (tertiary/aromatic N) is 3. The Morgan fingerprint density at radius 3 is 2.84 bits per heavy atom. The van der Waals surface area contributed by atoms with E-state index in [4.69, 9.17) is 5.73 Å². The molecule has 5 nitrogen and oxygen atoms in total. The number of anilines is 1. The van der Waals surface area contributed by atoms with Crippen molar-refractivity contribution in [3.63, 3.8) is 0 Å². The van der Waals surface area contributed by atoms with E-state index < -0.39 is 6.10 Å². The highest BCUT2D eigenvalue weighted by atomic mass is 16.3. The molecule has 0 amide bonds. The van der Waals surface area contributed by atoms with Crippen molar-refractivity contribution < 1.29 is 5.11 Å². The molecule has 1 aromatic rings. The summed E-state index contributed by atoms with van der Waals surface area (Å²) in [6.45, 7) is 4.86. The topological polar surface area (TPSA) is 65.6 Å². The third-order valence-electron chi connectivity index (χ3n) is 4.01. The molecule has 0 aliphatic carbocycles.